The minimum absolute atomic E-state index is 0.127. The molecule has 100 valence electrons. The molecule has 1 spiro atoms. The molecule has 2 unspecified atom stereocenters. The maximum atomic E-state index is 12.9. The summed E-state index contributed by atoms with van der Waals surface area (Å²) in [6, 6.07) is 8.02. The van der Waals surface area contributed by atoms with Gasteiger partial charge < -0.3 is 0 Å². The van der Waals surface area contributed by atoms with E-state index in [0.29, 0.717) is 18.8 Å². The molecule has 0 aliphatic heterocycles. The molecule has 0 amide bonds. The predicted octanol–water partition coefficient (Wildman–Crippen LogP) is 3.39. The van der Waals surface area contributed by atoms with E-state index in [1.807, 2.05) is 32.0 Å². The summed E-state index contributed by atoms with van der Waals surface area (Å²) in [4.78, 5) is 25.5. The van der Waals surface area contributed by atoms with Gasteiger partial charge in [0.05, 0.1) is 0 Å². The highest BCUT2D eigenvalue weighted by Crippen LogP contribution is 2.52. The number of Topliss-reactive ketones (excluding diaryl/α,β-unsaturated/α-hetero) is 2. The lowest BCUT2D eigenvalue weighted by atomic mass is 9.64. The Morgan fingerprint density at radius 3 is 2.47 bits per heavy atom. The van der Waals surface area contributed by atoms with Crippen LogP contribution in [0, 0.1) is 5.41 Å². The topological polar surface area (TPSA) is 34.1 Å². The van der Waals surface area contributed by atoms with Gasteiger partial charge in [0.25, 0.3) is 0 Å². The zero-order valence-corrected chi connectivity index (χ0v) is 11.8. The fourth-order valence-corrected chi connectivity index (χ4v) is 3.90. The molecule has 2 heteroatoms. The third-order valence-electron chi connectivity index (χ3n) is 4.98. The van der Waals surface area contributed by atoms with Crippen molar-refractivity contribution in [3.8, 4) is 0 Å². The van der Waals surface area contributed by atoms with Crippen LogP contribution in [0.1, 0.15) is 57.1 Å². The highest BCUT2D eigenvalue weighted by Gasteiger charge is 2.60. The standard InChI is InChI=1S/C17H20O2/c1-11-8-9-17(13-7-5-4-6-12(11)13)14(18)10-16(2,3)15(17)19/h4-7,11H,8-10H2,1-3H3. The van der Waals surface area contributed by atoms with Crippen molar-refractivity contribution in [3.05, 3.63) is 35.4 Å². The van der Waals surface area contributed by atoms with Crippen molar-refractivity contribution in [3.63, 3.8) is 0 Å². The third-order valence-corrected chi connectivity index (χ3v) is 4.98. The molecule has 3 rings (SSSR count). The summed E-state index contributed by atoms with van der Waals surface area (Å²) in [7, 11) is 0. The highest BCUT2D eigenvalue weighted by atomic mass is 16.2. The van der Waals surface area contributed by atoms with E-state index >= 15 is 0 Å². The molecular formula is C17H20O2. The smallest absolute Gasteiger partial charge is 0.156 e. The summed E-state index contributed by atoms with van der Waals surface area (Å²) < 4.78 is 0. The second-order valence-corrected chi connectivity index (χ2v) is 6.75. The van der Waals surface area contributed by atoms with Gasteiger partial charge in [-0.3, -0.25) is 9.59 Å². The van der Waals surface area contributed by atoms with Gasteiger partial charge in [-0.15, -0.1) is 0 Å². The Kier molecular flexibility index (Phi) is 2.51. The first-order chi connectivity index (χ1) is 8.89. The van der Waals surface area contributed by atoms with Crippen LogP contribution < -0.4 is 0 Å². The molecule has 2 nitrogen and oxygen atoms in total. The van der Waals surface area contributed by atoms with Crippen molar-refractivity contribution < 1.29 is 9.59 Å². The Bertz CT molecular complexity index is 570. The summed E-state index contributed by atoms with van der Waals surface area (Å²) in [6.45, 7) is 5.99. The van der Waals surface area contributed by atoms with E-state index < -0.39 is 10.8 Å². The van der Waals surface area contributed by atoms with Crippen LogP contribution in [0.15, 0.2) is 24.3 Å². The second-order valence-electron chi connectivity index (χ2n) is 6.75. The highest BCUT2D eigenvalue weighted by molar-refractivity contribution is 6.20. The molecule has 0 saturated heterocycles. The largest absolute Gasteiger partial charge is 0.298 e. The maximum absolute atomic E-state index is 12.9. The summed E-state index contributed by atoms with van der Waals surface area (Å²) in [5.41, 5.74) is 0.819. The Balaban J connectivity index is 2.25. The van der Waals surface area contributed by atoms with E-state index in [9.17, 15) is 9.59 Å². The lowest BCUT2D eigenvalue weighted by Crippen LogP contribution is -2.43. The van der Waals surface area contributed by atoms with Crippen LogP contribution >= 0.6 is 0 Å². The Hall–Kier alpha value is -1.44. The van der Waals surface area contributed by atoms with E-state index in [1.54, 1.807) is 0 Å². The van der Waals surface area contributed by atoms with Gasteiger partial charge in [0.15, 0.2) is 11.6 Å². The van der Waals surface area contributed by atoms with Crippen LogP contribution in [-0.2, 0) is 15.0 Å². The molecule has 0 radical (unpaired) electrons. The molecule has 1 saturated carbocycles. The van der Waals surface area contributed by atoms with Gasteiger partial charge in [-0.05, 0) is 29.9 Å². The number of carbonyl (C=O) groups excluding carboxylic acids is 2. The minimum Gasteiger partial charge on any atom is -0.298 e. The molecule has 0 heterocycles. The average Bonchev–Trinajstić information content (AvgIpc) is 2.54. The molecule has 0 bridgehead atoms. The number of benzene rings is 1. The first-order valence-corrected chi connectivity index (χ1v) is 7.07. The Morgan fingerprint density at radius 2 is 1.84 bits per heavy atom. The summed E-state index contributed by atoms with van der Waals surface area (Å²) in [6.07, 6.45) is 1.99. The number of fused-ring (bicyclic) bond motifs is 2. The van der Waals surface area contributed by atoms with Crippen LogP contribution in [0.25, 0.3) is 0 Å². The molecular weight excluding hydrogens is 236 g/mol. The minimum atomic E-state index is -0.841. The van der Waals surface area contributed by atoms with Crippen molar-refractivity contribution >= 4 is 11.6 Å². The fraction of sp³-hybridized carbons (Fsp3) is 0.529. The molecule has 19 heavy (non-hydrogen) atoms. The van der Waals surface area contributed by atoms with Gasteiger partial charge in [-0.25, -0.2) is 0 Å². The van der Waals surface area contributed by atoms with E-state index in [-0.39, 0.29) is 11.6 Å². The van der Waals surface area contributed by atoms with Gasteiger partial charge >= 0.3 is 0 Å². The van der Waals surface area contributed by atoms with Gasteiger partial charge in [0, 0.05) is 11.8 Å². The fourth-order valence-electron chi connectivity index (χ4n) is 3.90. The third kappa shape index (κ3) is 1.49. The van der Waals surface area contributed by atoms with Crippen LogP contribution in [0.2, 0.25) is 0 Å². The van der Waals surface area contributed by atoms with Gasteiger partial charge in [0.2, 0.25) is 0 Å². The Morgan fingerprint density at radius 1 is 1.16 bits per heavy atom. The number of hydrogen-bond acceptors (Lipinski definition) is 2. The van der Waals surface area contributed by atoms with E-state index in [1.165, 1.54) is 5.56 Å². The Labute approximate surface area is 114 Å². The van der Waals surface area contributed by atoms with Gasteiger partial charge in [-0.1, -0.05) is 45.0 Å². The normalized spacial score (nSPS) is 32.7. The van der Waals surface area contributed by atoms with E-state index in [0.717, 1.165) is 12.0 Å². The van der Waals surface area contributed by atoms with E-state index in [4.69, 9.17) is 0 Å². The van der Waals surface area contributed by atoms with Gasteiger partial charge in [0.1, 0.15) is 5.41 Å². The number of rotatable bonds is 0. The molecule has 1 fully saturated rings. The summed E-state index contributed by atoms with van der Waals surface area (Å²) in [5.74, 6) is 0.692. The monoisotopic (exact) mass is 256 g/mol. The van der Waals surface area contributed by atoms with Crippen molar-refractivity contribution in [2.45, 2.75) is 51.4 Å². The predicted molar refractivity (Wildman–Crippen MR) is 74.2 cm³/mol. The molecule has 2 aliphatic rings. The molecule has 2 atom stereocenters. The van der Waals surface area contributed by atoms with Gasteiger partial charge in [-0.2, -0.15) is 0 Å². The zero-order chi connectivity index (χ0) is 13.8. The molecule has 1 aromatic rings. The second kappa shape index (κ2) is 3.78. The lowest BCUT2D eigenvalue weighted by Gasteiger charge is -2.37. The first-order valence-electron chi connectivity index (χ1n) is 7.07. The number of hydrogen-bond donors (Lipinski definition) is 0. The molecule has 2 aliphatic carbocycles. The molecule has 0 N–H and O–H groups in total. The quantitative estimate of drug-likeness (QED) is 0.667. The van der Waals surface area contributed by atoms with Crippen molar-refractivity contribution in [2.75, 3.05) is 0 Å². The molecule has 1 aromatic carbocycles. The lowest BCUT2D eigenvalue weighted by molar-refractivity contribution is -0.132. The molecule has 0 aromatic heterocycles. The average molecular weight is 256 g/mol. The first kappa shape index (κ1) is 12.6. The van der Waals surface area contributed by atoms with Crippen LogP contribution in [0.5, 0.6) is 0 Å². The summed E-state index contributed by atoms with van der Waals surface area (Å²) >= 11 is 0. The SMILES string of the molecule is CC1CCC2(C(=O)CC(C)(C)C2=O)c2ccccc21. The van der Waals surface area contributed by atoms with Crippen molar-refractivity contribution in [1.29, 1.82) is 0 Å². The zero-order valence-electron chi connectivity index (χ0n) is 11.8. The summed E-state index contributed by atoms with van der Waals surface area (Å²) in [5, 5.41) is 0. The van der Waals surface area contributed by atoms with Crippen LogP contribution in [0.4, 0.5) is 0 Å². The van der Waals surface area contributed by atoms with E-state index in [2.05, 4.69) is 13.0 Å². The maximum Gasteiger partial charge on any atom is 0.156 e. The van der Waals surface area contributed by atoms with Crippen LogP contribution in [0.3, 0.4) is 0 Å². The number of ketones is 2. The van der Waals surface area contributed by atoms with Crippen LogP contribution in [-0.4, -0.2) is 11.6 Å². The number of carbonyl (C=O) groups is 2. The van der Waals surface area contributed by atoms with Crippen molar-refractivity contribution in [1.82, 2.24) is 0 Å². The van der Waals surface area contributed by atoms with Crippen molar-refractivity contribution in [2.24, 2.45) is 5.41 Å².